The van der Waals surface area contributed by atoms with Gasteiger partial charge in [0, 0.05) is 37.6 Å². The van der Waals surface area contributed by atoms with Gasteiger partial charge in [-0.1, -0.05) is 24.3 Å². The van der Waals surface area contributed by atoms with Crippen LogP contribution in [-0.4, -0.2) is 44.0 Å². The summed E-state index contributed by atoms with van der Waals surface area (Å²) in [4.78, 5) is 17.0. The lowest BCUT2D eigenvalue weighted by Crippen LogP contribution is -2.44. The van der Waals surface area contributed by atoms with Gasteiger partial charge in [0.1, 0.15) is 0 Å². The van der Waals surface area contributed by atoms with Gasteiger partial charge in [0.15, 0.2) is 0 Å². The molecule has 4 nitrogen and oxygen atoms in total. The second kappa shape index (κ2) is 7.49. The minimum atomic E-state index is 0.0247. The summed E-state index contributed by atoms with van der Waals surface area (Å²) < 4.78 is 0. The minimum Gasteiger partial charge on any atom is -0.369 e. The molecular formula is C20H25N3O. The number of anilines is 2. The molecule has 1 fully saturated rings. The zero-order valence-corrected chi connectivity index (χ0v) is 14.5. The highest BCUT2D eigenvalue weighted by Gasteiger charge is 2.14. The Morgan fingerprint density at radius 1 is 1.00 bits per heavy atom. The number of nitrogens with one attached hydrogen (secondary N) is 1. The number of aryl methyl sites for hydroxylation is 1. The molecule has 1 N–H and O–H groups in total. The number of piperazine rings is 1. The molecule has 3 rings (SSSR count). The Morgan fingerprint density at radius 3 is 2.33 bits per heavy atom. The van der Waals surface area contributed by atoms with E-state index in [2.05, 4.69) is 34.3 Å². The summed E-state index contributed by atoms with van der Waals surface area (Å²) in [6, 6.07) is 16.2. The monoisotopic (exact) mass is 323 g/mol. The Morgan fingerprint density at radius 2 is 1.67 bits per heavy atom. The van der Waals surface area contributed by atoms with E-state index in [1.54, 1.807) is 0 Å². The van der Waals surface area contributed by atoms with Gasteiger partial charge in [-0.05, 0) is 49.4 Å². The van der Waals surface area contributed by atoms with Crippen LogP contribution in [0.5, 0.6) is 0 Å². The van der Waals surface area contributed by atoms with Gasteiger partial charge >= 0.3 is 0 Å². The second-order valence-electron chi connectivity index (χ2n) is 6.49. The number of rotatable bonds is 4. The largest absolute Gasteiger partial charge is 0.369 e. The van der Waals surface area contributed by atoms with Crippen molar-refractivity contribution in [2.24, 2.45) is 0 Å². The first-order valence-electron chi connectivity index (χ1n) is 8.50. The molecule has 0 spiro atoms. The summed E-state index contributed by atoms with van der Waals surface area (Å²) in [5, 5.41) is 2.99. The first-order chi connectivity index (χ1) is 11.6. The fourth-order valence-electron chi connectivity index (χ4n) is 3.01. The highest BCUT2D eigenvalue weighted by molar-refractivity contribution is 5.92. The molecule has 4 heteroatoms. The Labute approximate surface area is 144 Å². The number of hydrogen-bond donors (Lipinski definition) is 1. The third-order valence-electron chi connectivity index (χ3n) is 4.63. The summed E-state index contributed by atoms with van der Waals surface area (Å²) in [6.45, 7) is 6.32. The first-order valence-corrected chi connectivity index (χ1v) is 8.50. The predicted molar refractivity (Wildman–Crippen MR) is 99.7 cm³/mol. The zero-order chi connectivity index (χ0) is 16.9. The number of nitrogens with zero attached hydrogens (tertiary/aromatic N) is 2. The Bertz CT molecular complexity index is 688. The fraction of sp³-hybridized carbons (Fsp3) is 0.350. The van der Waals surface area contributed by atoms with Crippen LogP contribution in [0.15, 0.2) is 48.5 Å². The van der Waals surface area contributed by atoms with Gasteiger partial charge in [0.05, 0.1) is 6.42 Å². The van der Waals surface area contributed by atoms with E-state index in [0.29, 0.717) is 6.42 Å². The molecule has 1 amide bonds. The maximum absolute atomic E-state index is 12.2. The summed E-state index contributed by atoms with van der Waals surface area (Å²) in [5.74, 6) is 0.0247. The van der Waals surface area contributed by atoms with Crippen LogP contribution in [0.3, 0.4) is 0 Å². The van der Waals surface area contributed by atoms with Crippen molar-refractivity contribution in [3.05, 3.63) is 59.7 Å². The molecule has 0 unspecified atom stereocenters. The van der Waals surface area contributed by atoms with Crippen LogP contribution in [0.1, 0.15) is 11.1 Å². The minimum absolute atomic E-state index is 0.0247. The van der Waals surface area contributed by atoms with Gasteiger partial charge in [-0.2, -0.15) is 0 Å². The fourth-order valence-corrected chi connectivity index (χ4v) is 3.01. The molecule has 0 bridgehead atoms. The summed E-state index contributed by atoms with van der Waals surface area (Å²) >= 11 is 0. The summed E-state index contributed by atoms with van der Waals surface area (Å²) in [7, 11) is 2.16. The topological polar surface area (TPSA) is 35.6 Å². The van der Waals surface area contributed by atoms with E-state index < -0.39 is 0 Å². The van der Waals surface area contributed by atoms with Crippen molar-refractivity contribution in [2.45, 2.75) is 13.3 Å². The maximum atomic E-state index is 12.2. The lowest BCUT2D eigenvalue weighted by atomic mass is 10.1. The van der Waals surface area contributed by atoms with Crippen LogP contribution in [0.2, 0.25) is 0 Å². The van der Waals surface area contributed by atoms with Crippen molar-refractivity contribution >= 4 is 17.3 Å². The molecular weight excluding hydrogens is 298 g/mol. The van der Waals surface area contributed by atoms with E-state index in [-0.39, 0.29) is 5.91 Å². The van der Waals surface area contributed by atoms with Crippen LogP contribution in [-0.2, 0) is 11.2 Å². The molecule has 2 aromatic carbocycles. The molecule has 1 heterocycles. The number of carbonyl (C=O) groups is 1. The van der Waals surface area contributed by atoms with Crippen LogP contribution < -0.4 is 10.2 Å². The first kappa shape index (κ1) is 16.5. The molecule has 0 aromatic heterocycles. The van der Waals surface area contributed by atoms with Crippen LogP contribution in [0, 0.1) is 6.92 Å². The summed E-state index contributed by atoms with van der Waals surface area (Å²) in [5.41, 5.74) is 4.30. The standard InChI is InChI=1S/C20H25N3O/c1-16-5-3-4-6-17(16)15-20(24)21-18-7-9-19(10-8-18)23-13-11-22(2)12-14-23/h3-10H,11-15H2,1-2H3,(H,21,24). The van der Waals surface area contributed by atoms with E-state index >= 15 is 0 Å². The SMILES string of the molecule is Cc1ccccc1CC(=O)Nc1ccc(N2CCN(C)CC2)cc1. The van der Waals surface area contributed by atoms with E-state index in [0.717, 1.165) is 43.0 Å². The third-order valence-corrected chi connectivity index (χ3v) is 4.63. The van der Waals surface area contributed by atoms with Gasteiger partial charge in [0.25, 0.3) is 0 Å². The molecule has 1 aliphatic rings. The van der Waals surface area contributed by atoms with Crippen LogP contribution in [0.4, 0.5) is 11.4 Å². The number of hydrogen-bond acceptors (Lipinski definition) is 3. The van der Waals surface area contributed by atoms with Gasteiger partial charge in [-0.3, -0.25) is 4.79 Å². The quantitative estimate of drug-likeness (QED) is 0.940. The van der Waals surface area contributed by atoms with Crippen molar-refractivity contribution in [3.63, 3.8) is 0 Å². The van der Waals surface area contributed by atoms with Crippen molar-refractivity contribution in [3.8, 4) is 0 Å². The van der Waals surface area contributed by atoms with Crippen LogP contribution in [0.25, 0.3) is 0 Å². The average Bonchev–Trinajstić information content (AvgIpc) is 2.58. The molecule has 126 valence electrons. The highest BCUT2D eigenvalue weighted by Crippen LogP contribution is 2.19. The van der Waals surface area contributed by atoms with E-state index in [1.165, 1.54) is 5.69 Å². The molecule has 0 radical (unpaired) electrons. The lowest BCUT2D eigenvalue weighted by Gasteiger charge is -2.34. The number of amides is 1. The average molecular weight is 323 g/mol. The number of likely N-dealkylation sites (N-methyl/N-ethyl adjacent to an activating group) is 1. The van der Waals surface area contributed by atoms with Crippen molar-refractivity contribution in [1.29, 1.82) is 0 Å². The molecule has 1 aliphatic heterocycles. The molecule has 0 aliphatic carbocycles. The molecule has 0 atom stereocenters. The van der Waals surface area contributed by atoms with E-state index in [4.69, 9.17) is 0 Å². The molecule has 2 aromatic rings. The van der Waals surface area contributed by atoms with Gasteiger partial charge in [-0.15, -0.1) is 0 Å². The van der Waals surface area contributed by atoms with Crippen LogP contribution >= 0.6 is 0 Å². The molecule has 0 saturated carbocycles. The number of carbonyl (C=O) groups excluding carboxylic acids is 1. The maximum Gasteiger partial charge on any atom is 0.228 e. The Balaban J connectivity index is 1.58. The second-order valence-corrected chi connectivity index (χ2v) is 6.49. The zero-order valence-electron chi connectivity index (χ0n) is 14.5. The Hall–Kier alpha value is -2.33. The normalized spacial score (nSPS) is 15.3. The highest BCUT2D eigenvalue weighted by atomic mass is 16.1. The van der Waals surface area contributed by atoms with Crippen molar-refractivity contribution in [1.82, 2.24) is 4.90 Å². The van der Waals surface area contributed by atoms with E-state index in [9.17, 15) is 4.79 Å². The third kappa shape index (κ3) is 4.15. The van der Waals surface area contributed by atoms with Gasteiger partial charge in [-0.25, -0.2) is 0 Å². The predicted octanol–water partition coefficient (Wildman–Crippen LogP) is 2.93. The van der Waals surface area contributed by atoms with Gasteiger partial charge < -0.3 is 15.1 Å². The Kier molecular flexibility index (Phi) is 5.16. The lowest BCUT2D eigenvalue weighted by molar-refractivity contribution is -0.115. The molecule has 24 heavy (non-hydrogen) atoms. The summed E-state index contributed by atoms with van der Waals surface area (Å²) in [6.07, 6.45) is 0.410. The smallest absolute Gasteiger partial charge is 0.228 e. The van der Waals surface area contributed by atoms with Gasteiger partial charge in [0.2, 0.25) is 5.91 Å². The molecule has 1 saturated heterocycles. The van der Waals surface area contributed by atoms with Crippen molar-refractivity contribution in [2.75, 3.05) is 43.4 Å². The van der Waals surface area contributed by atoms with Crippen molar-refractivity contribution < 1.29 is 4.79 Å². The van der Waals surface area contributed by atoms with E-state index in [1.807, 2.05) is 43.3 Å². The number of benzene rings is 2.